The van der Waals surface area contributed by atoms with Crippen molar-refractivity contribution in [3.8, 4) is 0 Å². The molecule has 0 radical (unpaired) electrons. The van der Waals surface area contributed by atoms with Crippen LogP contribution in [0.25, 0.3) is 0 Å². The average molecular weight is 613 g/mol. The molecule has 5 rings (SSSR count). The van der Waals surface area contributed by atoms with E-state index in [0.29, 0.717) is 19.3 Å². The third-order valence-electron chi connectivity index (χ3n) is 14.4. The number of esters is 2. The molecule has 7 heteroatoms. The summed E-state index contributed by atoms with van der Waals surface area (Å²) >= 11 is 0. The van der Waals surface area contributed by atoms with Crippen molar-refractivity contribution in [3.63, 3.8) is 0 Å². The number of fused-ring (bicyclic) bond motifs is 7. The molecule has 246 valence electrons. The number of carboxylic acids is 1. The molecule has 0 unspecified atom stereocenters. The Labute approximate surface area is 264 Å². The van der Waals surface area contributed by atoms with Gasteiger partial charge in [-0.25, -0.2) is 0 Å². The molecule has 9 atom stereocenters. The van der Waals surface area contributed by atoms with Crippen molar-refractivity contribution in [3.05, 3.63) is 11.6 Å². The molecule has 0 aromatic rings. The maximum Gasteiger partial charge on any atom is 0.314 e. The molecule has 7 nitrogen and oxygen atoms in total. The third-order valence-corrected chi connectivity index (χ3v) is 14.4. The van der Waals surface area contributed by atoms with Crippen LogP contribution in [0.15, 0.2) is 11.6 Å². The molecule has 0 bridgehead atoms. The maximum atomic E-state index is 14.5. The highest BCUT2D eigenvalue weighted by Gasteiger charge is 2.70. The van der Waals surface area contributed by atoms with Crippen molar-refractivity contribution in [2.45, 2.75) is 127 Å². The summed E-state index contributed by atoms with van der Waals surface area (Å²) < 4.78 is 10.7. The summed E-state index contributed by atoms with van der Waals surface area (Å²) in [6.07, 6.45) is 9.40. The Morgan fingerprint density at radius 3 is 2.14 bits per heavy atom. The number of carboxylic acid groups (broad SMARTS) is 1. The van der Waals surface area contributed by atoms with Crippen LogP contribution in [0.4, 0.5) is 0 Å². The third kappa shape index (κ3) is 4.63. The molecule has 0 spiro atoms. The minimum Gasteiger partial charge on any atom is -0.481 e. The first kappa shape index (κ1) is 33.2. The Balaban J connectivity index is 1.44. The predicted octanol–water partition coefficient (Wildman–Crippen LogP) is 7.76. The number of aliphatic carboxylic acids is 1. The van der Waals surface area contributed by atoms with Crippen LogP contribution in [-0.4, -0.2) is 35.6 Å². The molecule has 44 heavy (non-hydrogen) atoms. The number of hydrogen-bond acceptors (Lipinski definition) is 6. The van der Waals surface area contributed by atoms with Gasteiger partial charge in [-0.1, -0.05) is 47.1 Å². The number of carbonyl (C=O) groups is 4. The van der Waals surface area contributed by atoms with Crippen LogP contribution in [-0.2, 0) is 28.7 Å². The molecular formula is C37H56O7. The number of allylic oxidation sites excluding steroid dienone is 2. The van der Waals surface area contributed by atoms with E-state index in [1.54, 1.807) is 20.8 Å². The zero-order valence-corrected chi connectivity index (χ0v) is 28.9. The second-order valence-electron chi connectivity index (χ2n) is 18.2. The monoisotopic (exact) mass is 612 g/mol. The lowest BCUT2D eigenvalue weighted by atomic mass is 9.33. The Hall–Kier alpha value is -2.18. The van der Waals surface area contributed by atoms with E-state index in [9.17, 15) is 24.3 Å². The Bertz CT molecular complexity index is 1290. The molecule has 4 saturated carbocycles. The Morgan fingerprint density at radius 2 is 1.52 bits per heavy atom. The molecule has 5 aliphatic rings. The SMILES string of the molecule is CC(C)(C)C(=O)OCOC(=O)[C@H]1CC[C@]2(C)[C@H]3C(=O)C=C4[C@@H]5C[C@@](C)(C(=O)O)CC[C@]5(C)CC[C@@]4(C)[C@]3(C)CC[C@H]2C1(C)C. The Kier molecular flexibility index (Phi) is 7.66. The van der Waals surface area contributed by atoms with Crippen LogP contribution in [0.1, 0.15) is 127 Å². The second-order valence-corrected chi connectivity index (χ2v) is 18.2. The molecule has 0 heterocycles. The molecule has 0 aliphatic heterocycles. The number of carbonyl (C=O) groups excluding carboxylic acids is 3. The Morgan fingerprint density at radius 1 is 0.886 bits per heavy atom. The van der Waals surface area contributed by atoms with E-state index in [0.717, 1.165) is 38.5 Å². The first-order valence-corrected chi connectivity index (χ1v) is 16.9. The summed E-state index contributed by atoms with van der Waals surface area (Å²) in [5.74, 6) is -1.53. The molecule has 0 amide bonds. The molecule has 0 aromatic heterocycles. The van der Waals surface area contributed by atoms with Gasteiger partial charge in [0.05, 0.1) is 16.7 Å². The van der Waals surface area contributed by atoms with E-state index in [1.165, 1.54) is 5.57 Å². The van der Waals surface area contributed by atoms with Crippen LogP contribution in [0.2, 0.25) is 0 Å². The zero-order valence-electron chi connectivity index (χ0n) is 28.9. The van der Waals surface area contributed by atoms with Crippen molar-refractivity contribution in [2.24, 2.45) is 61.6 Å². The normalized spacial score (nSPS) is 44.6. The first-order chi connectivity index (χ1) is 20.1. The topological polar surface area (TPSA) is 107 Å². The molecule has 5 aliphatic carbocycles. The lowest BCUT2D eigenvalue weighted by molar-refractivity contribution is -0.203. The minimum absolute atomic E-state index is 0.0203. The van der Waals surface area contributed by atoms with Crippen molar-refractivity contribution >= 4 is 23.7 Å². The van der Waals surface area contributed by atoms with E-state index < -0.39 is 28.2 Å². The van der Waals surface area contributed by atoms with Gasteiger partial charge in [0, 0.05) is 5.92 Å². The van der Waals surface area contributed by atoms with Crippen LogP contribution >= 0.6 is 0 Å². The van der Waals surface area contributed by atoms with Gasteiger partial charge in [-0.2, -0.15) is 0 Å². The van der Waals surface area contributed by atoms with Gasteiger partial charge < -0.3 is 14.6 Å². The van der Waals surface area contributed by atoms with Crippen molar-refractivity contribution in [1.29, 1.82) is 0 Å². The fourth-order valence-corrected chi connectivity index (χ4v) is 11.3. The van der Waals surface area contributed by atoms with Gasteiger partial charge in [-0.15, -0.1) is 0 Å². The summed E-state index contributed by atoms with van der Waals surface area (Å²) in [5, 5.41) is 10.2. The van der Waals surface area contributed by atoms with Crippen LogP contribution in [0, 0.1) is 61.6 Å². The van der Waals surface area contributed by atoms with Crippen LogP contribution in [0.5, 0.6) is 0 Å². The van der Waals surface area contributed by atoms with Gasteiger partial charge in [0.15, 0.2) is 5.78 Å². The lowest BCUT2D eigenvalue weighted by Crippen LogP contribution is -2.66. The molecule has 0 saturated heterocycles. The quantitative estimate of drug-likeness (QED) is 0.255. The lowest BCUT2D eigenvalue weighted by Gasteiger charge is -2.70. The van der Waals surface area contributed by atoms with Gasteiger partial charge in [-0.05, 0) is 130 Å². The van der Waals surface area contributed by atoms with Crippen molar-refractivity contribution < 1.29 is 33.8 Å². The van der Waals surface area contributed by atoms with E-state index in [1.807, 2.05) is 13.0 Å². The number of rotatable bonds is 4. The summed E-state index contributed by atoms with van der Waals surface area (Å²) in [7, 11) is 0. The smallest absolute Gasteiger partial charge is 0.314 e. The van der Waals surface area contributed by atoms with Gasteiger partial charge in [0.2, 0.25) is 6.79 Å². The minimum atomic E-state index is -0.768. The van der Waals surface area contributed by atoms with Gasteiger partial charge in [0.25, 0.3) is 0 Å². The number of ether oxygens (including phenoxy) is 2. The summed E-state index contributed by atoms with van der Waals surface area (Å²) in [6, 6.07) is 0. The van der Waals surface area contributed by atoms with E-state index in [4.69, 9.17) is 9.47 Å². The van der Waals surface area contributed by atoms with Crippen molar-refractivity contribution in [1.82, 2.24) is 0 Å². The second kappa shape index (κ2) is 10.2. The van der Waals surface area contributed by atoms with E-state index >= 15 is 0 Å². The largest absolute Gasteiger partial charge is 0.481 e. The highest BCUT2D eigenvalue weighted by molar-refractivity contribution is 5.96. The first-order valence-electron chi connectivity index (χ1n) is 16.9. The van der Waals surface area contributed by atoms with Crippen LogP contribution in [0.3, 0.4) is 0 Å². The highest BCUT2D eigenvalue weighted by Crippen LogP contribution is 2.75. The summed E-state index contributed by atoms with van der Waals surface area (Å²) in [4.78, 5) is 52.5. The standard InChI is InChI=1S/C37H56O7/c1-31(2,3)30(42)44-21-43-28(39)22-11-13-35(8)26(32(22,4)5)12-14-37(10)27(35)25(38)19-23-24-20-34(7,29(40)41)16-15-33(24,6)17-18-36(23,37)9/h19,22,24,26-27H,11-18,20-21H2,1-10H3,(H,40,41)/t22-,24+,26+,27-,33-,34+,35+,36-,37-/m1/s1. The maximum absolute atomic E-state index is 14.5. The zero-order chi connectivity index (χ0) is 32.9. The molecule has 1 N–H and O–H groups in total. The van der Waals surface area contributed by atoms with Gasteiger partial charge >= 0.3 is 17.9 Å². The summed E-state index contributed by atoms with van der Waals surface area (Å²) in [5.41, 5.74) is -1.32. The molecular weight excluding hydrogens is 556 g/mol. The highest BCUT2D eigenvalue weighted by atomic mass is 16.7. The molecule has 0 aromatic carbocycles. The number of ketones is 1. The van der Waals surface area contributed by atoms with Crippen LogP contribution < -0.4 is 0 Å². The van der Waals surface area contributed by atoms with Crippen molar-refractivity contribution in [2.75, 3.05) is 6.79 Å². The van der Waals surface area contributed by atoms with Gasteiger partial charge in [0.1, 0.15) is 0 Å². The molecule has 4 fully saturated rings. The predicted molar refractivity (Wildman–Crippen MR) is 167 cm³/mol. The van der Waals surface area contributed by atoms with E-state index in [2.05, 4.69) is 41.5 Å². The fourth-order valence-electron chi connectivity index (χ4n) is 11.3. The van der Waals surface area contributed by atoms with E-state index in [-0.39, 0.29) is 63.9 Å². The average Bonchev–Trinajstić information content (AvgIpc) is 2.89. The summed E-state index contributed by atoms with van der Waals surface area (Å²) in [6.45, 7) is 20.5. The fraction of sp³-hybridized carbons (Fsp3) is 0.838. The van der Waals surface area contributed by atoms with Gasteiger partial charge in [-0.3, -0.25) is 19.2 Å². The number of hydrogen-bond donors (Lipinski definition) is 1.